The van der Waals surface area contributed by atoms with Crippen LogP contribution < -0.4 is 10.6 Å². The van der Waals surface area contributed by atoms with Crippen molar-refractivity contribution >= 4 is 17.5 Å². The first-order valence-electron chi connectivity index (χ1n) is 5.15. The van der Waals surface area contributed by atoms with Gasteiger partial charge in [-0.1, -0.05) is 11.6 Å². The van der Waals surface area contributed by atoms with E-state index in [1.807, 2.05) is 6.92 Å². The van der Waals surface area contributed by atoms with Gasteiger partial charge in [-0.2, -0.15) is 0 Å². The number of nitrogens with two attached hydrogens (primary N) is 1. The highest BCUT2D eigenvalue weighted by molar-refractivity contribution is 6.29. The van der Waals surface area contributed by atoms with Crippen molar-refractivity contribution in [3.8, 4) is 0 Å². The van der Waals surface area contributed by atoms with E-state index in [2.05, 4.69) is 14.9 Å². The van der Waals surface area contributed by atoms with Crippen LogP contribution in [0.4, 0.5) is 5.95 Å². The standard InChI is InChI=1S/C10H15ClN4/c1-7-4-9(11)14-10(13-7)15-3-2-8(5-12)6-15/h4,8H,2-3,5-6,12H2,1H3/t8-/m0/s1. The molecule has 0 radical (unpaired) electrons. The van der Waals surface area contributed by atoms with Gasteiger partial charge in [-0.15, -0.1) is 0 Å². The van der Waals surface area contributed by atoms with Gasteiger partial charge in [0.25, 0.3) is 0 Å². The Hall–Kier alpha value is -0.870. The predicted octanol–water partition coefficient (Wildman–Crippen LogP) is 1.22. The molecule has 82 valence electrons. The highest BCUT2D eigenvalue weighted by Gasteiger charge is 2.23. The first kappa shape index (κ1) is 10.6. The van der Waals surface area contributed by atoms with Crippen molar-refractivity contribution in [1.29, 1.82) is 0 Å². The van der Waals surface area contributed by atoms with E-state index in [1.165, 1.54) is 0 Å². The zero-order valence-electron chi connectivity index (χ0n) is 8.78. The van der Waals surface area contributed by atoms with E-state index in [0.29, 0.717) is 11.1 Å². The number of anilines is 1. The van der Waals surface area contributed by atoms with Gasteiger partial charge in [-0.3, -0.25) is 0 Å². The summed E-state index contributed by atoms with van der Waals surface area (Å²) in [5.41, 5.74) is 6.54. The summed E-state index contributed by atoms with van der Waals surface area (Å²) < 4.78 is 0. The third-order valence-corrected chi connectivity index (χ3v) is 2.91. The fourth-order valence-electron chi connectivity index (χ4n) is 1.86. The lowest BCUT2D eigenvalue weighted by Gasteiger charge is -2.16. The zero-order valence-corrected chi connectivity index (χ0v) is 9.54. The molecule has 1 fully saturated rings. The molecule has 0 amide bonds. The normalized spacial score (nSPS) is 21.0. The number of aryl methyl sites for hydroxylation is 1. The second-order valence-corrected chi connectivity index (χ2v) is 4.36. The number of hydrogen-bond donors (Lipinski definition) is 1. The van der Waals surface area contributed by atoms with E-state index in [4.69, 9.17) is 17.3 Å². The molecule has 1 saturated heterocycles. The van der Waals surface area contributed by atoms with Crippen LogP contribution in [0.15, 0.2) is 6.07 Å². The van der Waals surface area contributed by atoms with Gasteiger partial charge in [0.1, 0.15) is 5.15 Å². The van der Waals surface area contributed by atoms with Crippen molar-refractivity contribution in [2.75, 3.05) is 24.5 Å². The third-order valence-electron chi connectivity index (χ3n) is 2.71. The second-order valence-electron chi connectivity index (χ2n) is 3.97. The van der Waals surface area contributed by atoms with Crippen molar-refractivity contribution in [3.05, 3.63) is 16.9 Å². The lowest BCUT2D eigenvalue weighted by molar-refractivity contribution is 0.601. The molecule has 0 spiro atoms. The molecule has 0 bridgehead atoms. The van der Waals surface area contributed by atoms with Gasteiger partial charge >= 0.3 is 0 Å². The number of rotatable bonds is 2. The molecule has 0 aliphatic carbocycles. The van der Waals surface area contributed by atoms with Gasteiger partial charge in [0.05, 0.1) is 0 Å². The lowest BCUT2D eigenvalue weighted by atomic mass is 10.1. The molecule has 0 aromatic carbocycles. The van der Waals surface area contributed by atoms with Gasteiger partial charge in [0.2, 0.25) is 5.95 Å². The minimum atomic E-state index is 0.508. The molecular weight excluding hydrogens is 212 g/mol. The van der Waals surface area contributed by atoms with Crippen LogP contribution in [0.1, 0.15) is 12.1 Å². The number of aromatic nitrogens is 2. The summed E-state index contributed by atoms with van der Waals surface area (Å²) in [5, 5.41) is 0.508. The van der Waals surface area contributed by atoms with Gasteiger partial charge in [-0.05, 0) is 31.9 Å². The van der Waals surface area contributed by atoms with E-state index in [-0.39, 0.29) is 0 Å². The van der Waals surface area contributed by atoms with E-state index in [1.54, 1.807) is 6.07 Å². The molecule has 4 nitrogen and oxygen atoms in total. The molecule has 1 aromatic heterocycles. The van der Waals surface area contributed by atoms with Gasteiger partial charge in [0.15, 0.2) is 0 Å². The van der Waals surface area contributed by atoms with Crippen LogP contribution in [0.3, 0.4) is 0 Å². The fourth-order valence-corrected chi connectivity index (χ4v) is 2.10. The van der Waals surface area contributed by atoms with Crippen LogP contribution in [0.2, 0.25) is 5.15 Å². The molecule has 1 atom stereocenters. The molecule has 0 saturated carbocycles. The Morgan fingerprint density at radius 2 is 2.40 bits per heavy atom. The minimum absolute atomic E-state index is 0.508. The van der Waals surface area contributed by atoms with Crippen molar-refractivity contribution in [2.24, 2.45) is 11.7 Å². The molecule has 0 unspecified atom stereocenters. The molecule has 5 heteroatoms. The van der Waals surface area contributed by atoms with Crippen molar-refractivity contribution < 1.29 is 0 Å². The monoisotopic (exact) mass is 226 g/mol. The number of nitrogens with zero attached hydrogens (tertiary/aromatic N) is 3. The molecule has 2 N–H and O–H groups in total. The second kappa shape index (κ2) is 4.33. The molecule has 2 heterocycles. The topological polar surface area (TPSA) is 55.0 Å². The van der Waals surface area contributed by atoms with Crippen LogP contribution in [0.5, 0.6) is 0 Å². The summed E-state index contributed by atoms with van der Waals surface area (Å²) in [6, 6.07) is 1.77. The molecule has 15 heavy (non-hydrogen) atoms. The van der Waals surface area contributed by atoms with Crippen molar-refractivity contribution in [3.63, 3.8) is 0 Å². The Labute approximate surface area is 94.5 Å². The Morgan fingerprint density at radius 1 is 1.60 bits per heavy atom. The summed E-state index contributed by atoms with van der Waals surface area (Å²) in [5.74, 6) is 1.30. The van der Waals surface area contributed by atoms with Crippen molar-refractivity contribution in [1.82, 2.24) is 9.97 Å². The third kappa shape index (κ3) is 2.38. The maximum atomic E-state index is 5.90. The summed E-state index contributed by atoms with van der Waals surface area (Å²) in [4.78, 5) is 10.7. The average Bonchev–Trinajstić information content (AvgIpc) is 2.64. The lowest BCUT2D eigenvalue weighted by Crippen LogP contribution is -2.24. The number of hydrogen-bond acceptors (Lipinski definition) is 4. The van der Waals surface area contributed by atoms with Gasteiger partial charge < -0.3 is 10.6 Å². The van der Waals surface area contributed by atoms with E-state index < -0.39 is 0 Å². The highest BCUT2D eigenvalue weighted by atomic mass is 35.5. The smallest absolute Gasteiger partial charge is 0.226 e. The van der Waals surface area contributed by atoms with Gasteiger partial charge in [0, 0.05) is 18.8 Å². The van der Waals surface area contributed by atoms with E-state index in [9.17, 15) is 0 Å². The molecule has 1 aliphatic rings. The molecule has 2 rings (SSSR count). The Kier molecular flexibility index (Phi) is 3.07. The first-order valence-corrected chi connectivity index (χ1v) is 5.53. The highest BCUT2D eigenvalue weighted by Crippen LogP contribution is 2.21. The summed E-state index contributed by atoms with van der Waals surface area (Å²) in [6.07, 6.45) is 1.12. The maximum Gasteiger partial charge on any atom is 0.226 e. The molecule has 1 aromatic rings. The quantitative estimate of drug-likeness (QED) is 0.771. The van der Waals surface area contributed by atoms with E-state index >= 15 is 0 Å². The predicted molar refractivity (Wildman–Crippen MR) is 61.2 cm³/mol. The van der Waals surface area contributed by atoms with Gasteiger partial charge in [-0.25, -0.2) is 9.97 Å². The van der Waals surface area contributed by atoms with Crippen LogP contribution in [0, 0.1) is 12.8 Å². The minimum Gasteiger partial charge on any atom is -0.340 e. The summed E-state index contributed by atoms with van der Waals surface area (Å²) in [7, 11) is 0. The van der Waals surface area contributed by atoms with E-state index in [0.717, 1.165) is 37.7 Å². The fraction of sp³-hybridized carbons (Fsp3) is 0.600. The van der Waals surface area contributed by atoms with Crippen molar-refractivity contribution in [2.45, 2.75) is 13.3 Å². The van der Waals surface area contributed by atoms with Crippen LogP contribution in [-0.2, 0) is 0 Å². The summed E-state index contributed by atoms with van der Waals surface area (Å²) >= 11 is 5.90. The SMILES string of the molecule is Cc1cc(Cl)nc(N2CC[C@@H](CN)C2)n1. The van der Waals surface area contributed by atoms with Crippen LogP contribution >= 0.6 is 11.6 Å². The Morgan fingerprint density at radius 3 is 3.00 bits per heavy atom. The van der Waals surface area contributed by atoms with Crippen LogP contribution in [0.25, 0.3) is 0 Å². The first-order chi connectivity index (χ1) is 7.19. The largest absolute Gasteiger partial charge is 0.340 e. The number of halogens is 1. The Bertz CT molecular complexity index is 335. The van der Waals surface area contributed by atoms with Crippen LogP contribution in [-0.4, -0.2) is 29.6 Å². The Balaban J connectivity index is 2.16. The zero-order chi connectivity index (χ0) is 10.8. The summed E-state index contributed by atoms with van der Waals surface area (Å²) in [6.45, 7) is 4.57. The molecule has 1 aliphatic heterocycles. The maximum absolute atomic E-state index is 5.90. The average molecular weight is 227 g/mol. The molecular formula is C10H15ClN4.